The summed E-state index contributed by atoms with van der Waals surface area (Å²) >= 11 is 3.18. The maximum Gasteiger partial charge on any atom is 0.400 e. The Kier molecular flexibility index (Phi) is 2.54. The van der Waals surface area contributed by atoms with Gasteiger partial charge in [-0.2, -0.15) is 4.98 Å². The van der Waals surface area contributed by atoms with Crippen LogP contribution in [-0.4, -0.2) is 4.98 Å². The molecule has 0 atom stereocenters. The zero-order valence-corrected chi connectivity index (χ0v) is 9.11. The molecule has 0 saturated heterocycles. The van der Waals surface area contributed by atoms with Gasteiger partial charge in [-0.25, -0.2) is 0 Å². The van der Waals surface area contributed by atoms with E-state index in [0.717, 1.165) is 11.3 Å². The van der Waals surface area contributed by atoms with E-state index in [1.54, 1.807) is 0 Å². The standard InChI is InChI=1S/C10H8BrNO2/c1-7-3-2-4-8(5-7)14-10-12-9(11)6-13-10/h2-6H,1H3. The average Bonchev–Trinajstić information content (AvgIpc) is 2.51. The zero-order valence-electron chi connectivity index (χ0n) is 7.53. The Balaban J connectivity index is 2.18. The Bertz CT molecular complexity index is 439. The lowest BCUT2D eigenvalue weighted by atomic mass is 10.2. The second-order valence-corrected chi connectivity index (χ2v) is 3.67. The molecule has 4 heteroatoms. The predicted molar refractivity (Wildman–Crippen MR) is 55.5 cm³/mol. The van der Waals surface area contributed by atoms with E-state index in [1.807, 2.05) is 31.2 Å². The van der Waals surface area contributed by atoms with Crippen molar-refractivity contribution in [1.82, 2.24) is 4.98 Å². The van der Waals surface area contributed by atoms with Gasteiger partial charge in [0.05, 0.1) is 0 Å². The Morgan fingerprint density at radius 2 is 2.29 bits per heavy atom. The van der Waals surface area contributed by atoms with Gasteiger partial charge in [-0.05, 0) is 40.5 Å². The summed E-state index contributed by atoms with van der Waals surface area (Å²) in [6.45, 7) is 2.00. The molecule has 0 aliphatic heterocycles. The highest BCUT2D eigenvalue weighted by atomic mass is 79.9. The number of halogens is 1. The van der Waals surface area contributed by atoms with Crippen molar-refractivity contribution < 1.29 is 9.15 Å². The van der Waals surface area contributed by atoms with Gasteiger partial charge in [0.1, 0.15) is 16.6 Å². The van der Waals surface area contributed by atoms with Gasteiger partial charge < -0.3 is 9.15 Å². The third-order valence-corrected chi connectivity index (χ3v) is 2.01. The fraction of sp³-hybridized carbons (Fsp3) is 0.100. The van der Waals surface area contributed by atoms with Crippen molar-refractivity contribution in [3.63, 3.8) is 0 Å². The Morgan fingerprint density at radius 3 is 2.93 bits per heavy atom. The van der Waals surface area contributed by atoms with Crippen LogP contribution in [0, 0.1) is 6.92 Å². The van der Waals surface area contributed by atoms with Crippen molar-refractivity contribution in [1.29, 1.82) is 0 Å². The second-order valence-electron chi connectivity index (χ2n) is 2.85. The van der Waals surface area contributed by atoms with Gasteiger partial charge in [-0.1, -0.05) is 12.1 Å². The van der Waals surface area contributed by atoms with Crippen LogP contribution in [0.25, 0.3) is 0 Å². The quantitative estimate of drug-likeness (QED) is 0.822. The zero-order chi connectivity index (χ0) is 9.97. The van der Waals surface area contributed by atoms with Crippen LogP contribution in [0.4, 0.5) is 0 Å². The molecule has 0 unspecified atom stereocenters. The highest BCUT2D eigenvalue weighted by molar-refractivity contribution is 9.10. The molecule has 0 radical (unpaired) electrons. The predicted octanol–water partition coefficient (Wildman–Crippen LogP) is 3.54. The van der Waals surface area contributed by atoms with Crippen LogP contribution in [0.15, 0.2) is 39.5 Å². The number of benzene rings is 1. The fourth-order valence-corrected chi connectivity index (χ4v) is 1.30. The van der Waals surface area contributed by atoms with Gasteiger partial charge in [0.2, 0.25) is 0 Å². The number of hydrogen-bond donors (Lipinski definition) is 0. The van der Waals surface area contributed by atoms with E-state index < -0.39 is 0 Å². The van der Waals surface area contributed by atoms with Crippen LogP contribution in [0.1, 0.15) is 5.56 Å². The van der Waals surface area contributed by atoms with E-state index in [1.165, 1.54) is 6.26 Å². The van der Waals surface area contributed by atoms with E-state index in [-0.39, 0.29) is 6.08 Å². The summed E-state index contributed by atoms with van der Waals surface area (Å²) in [6.07, 6.45) is 1.72. The molecule has 0 amide bonds. The smallest absolute Gasteiger partial charge is 0.400 e. The monoisotopic (exact) mass is 253 g/mol. The Labute approximate surface area is 89.8 Å². The van der Waals surface area contributed by atoms with Crippen molar-refractivity contribution >= 4 is 15.9 Å². The van der Waals surface area contributed by atoms with E-state index in [9.17, 15) is 0 Å². The maximum absolute atomic E-state index is 5.37. The van der Waals surface area contributed by atoms with Crippen LogP contribution in [-0.2, 0) is 0 Å². The molecule has 3 nitrogen and oxygen atoms in total. The van der Waals surface area contributed by atoms with Crippen LogP contribution in [0.2, 0.25) is 0 Å². The summed E-state index contributed by atoms with van der Waals surface area (Å²) in [5.41, 5.74) is 1.13. The first kappa shape index (κ1) is 9.27. The topological polar surface area (TPSA) is 35.3 Å². The lowest BCUT2D eigenvalue weighted by Gasteiger charge is -2.00. The fourth-order valence-electron chi connectivity index (χ4n) is 1.07. The summed E-state index contributed by atoms with van der Waals surface area (Å²) in [5.74, 6) is 0.722. The first-order valence-corrected chi connectivity index (χ1v) is 4.89. The van der Waals surface area contributed by atoms with E-state index >= 15 is 0 Å². The first-order chi connectivity index (χ1) is 6.74. The average molecular weight is 254 g/mol. The number of oxazole rings is 1. The Hall–Kier alpha value is -1.29. The summed E-state index contributed by atoms with van der Waals surface area (Å²) < 4.78 is 11.0. The van der Waals surface area contributed by atoms with Crippen molar-refractivity contribution in [2.24, 2.45) is 0 Å². The van der Waals surface area contributed by atoms with Crippen LogP contribution < -0.4 is 4.74 Å². The van der Waals surface area contributed by atoms with E-state index in [0.29, 0.717) is 4.60 Å². The minimum atomic E-state index is 0.238. The van der Waals surface area contributed by atoms with Gasteiger partial charge in [0.15, 0.2) is 0 Å². The third kappa shape index (κ3) is 2.14. The molecule has 1 heterocycles. The molecule has 0 aliphatic rings. The third-order valence-electron chi connectivity index (χ3n) is 1.65. The number of hydrogen-bond acceptors (Lipinski definition) is 3. The summed E-state index contributed by atoms with van der Waals surface area (Å²) in [4.78, 5) is 3.96. The van der Waals surface area contributed by atoms with Gasteiger partial charge in [0, 0.05) is 0 Å². The van der Waals surface area contributed by atoms with Crippen LogP contribution in [0.5, 0.6) is 11.8 Å². The summed E-state index contributed by atoms with van der Waals surface area (Å²) in [6, 6.07) is 7.68. The maximum atomic E-state index is 5.37. The number of aromatic nitrogens is 1. The minimum Gasteiger partial charge on any atom is -0.416 e. The Morgan fingerprint density at radius 1 is 1.43 bits per heavy atom. The van der Waals surface area contributed by atoms with Gasteiger partial charge in [-0.3, -0.25) is 0 Å². The SMILES string of the molecule is Cc1cccc(Oc2nc(Br)co2)c1. The molecule has 72 valence electrons. The second kappa shape index (κ2) is 3.84. The number of ether oxygens (including phenoxy) is 1. The molecule has 1 aromatic carbocycles. The number of aryl methyl sites for hydroxylation is 1. The largest absolute Gasteiger partial charge is 0.416 e. The summed E-state index contributed by atoms with van der Waals surface area (Å²) in [5, 5.41) is 0. The van der Waals surface area contributed by atoms with Gasteiger partial charge in [-0.15, -0.1) is 0 Å². The van der Waals surface area contributed by atoms with E-state index in [4.69, 9.17) is 9.15 Å². The molecule has 0 spiro atoms. The van der Waals surface area contributed by atoms with E-state index in [2.05, 4.69) is 20.9 Å². The lowest BCUT2D eigenvalue weighted by Crippen LogP contribution is -1.84. The van der Waals surface area contributed by atoms with Gasteiger partial charge in [0.25, 0.3) is 0 Å². The van der Waals surface area contributed by atoms with Crippen molar-refractivity contribution in [3.8, 4) is 11.8 Å². The van der Waals surface area contributed by atoms with Crippen molar-refractivity contribution in [2.75, 3.05) is 0 Å². The first-order valence-electron chi connectivity index (χ1n) is 4.09. The molecular formula is C10H8BrNO2. The van der Waals surface area contributed by atoms with Crippen molar-refractivity contribution in [2.45, 2.75) is 6.92 Å². The molecule has 2 rings (SSSR count). The molecule has 1 aromatic heterocycles. The van der Waals surface area contributed by atoms with Gasteiger partial charge >= 0.3 is 6.08 Å². The molecule has 0 aliphatic carbocycles. The van der Waals surface area contributed by atoms with Crippen LogP contribution in [0.3, 0.4) is 0 Å². The van der Waals surface area contributed by atoms with Crippen molar-refractivity contribution in [3.05, 3.63) is 40.7 Å². The molecule has 0 saturated carbocycles. The normalized spacial score (nSPS) is 10.1. The molecule has 14 heavy (non-hydrogen) atoms. The number of nitrogens with zero attached hydrogens (tertiary/aromatic N) is 1. The highest BCUT2D eigenvalue weighted by Crippen LogP contribution is 2.22. The highest BCUT2D eigenvalue weighted by Gasteiger charge is 2.03. The molecular weight excluding hydrogens is 246 g/mol. The lowest BCUT2D eigenvalue weighted by molar-refractivity contribution is 0.330. The number of rotatable bonds is 2. The minimum absolute atomic E-state index is 0.238. The molecule has 2 aromatic rings. The summed E-state index contributed by atoms with van der Waals surface area (Å²) in [7, 11) is 0. The molecule has 0 bridgehead atoms. The van der Waals surface area contributed by atoms with Crippen LogP contribution >= 0.6 is 15.9 Å². The molecule has 0 fully saturated rings. The molecule has 0 N–H and O–H groups in total.